The molecule has 0 saturated carbocycles. The van der Waals surface area contributed by atoms with Crippen LogP contribution in [-0.2, 0) is 5.54 Å². The van der Waals surface area contributed by atoms with Crippen LogP contribution < -0.4 is 0 Å². The van der Waals surface area contributed by atoms with Gasteiger partial charge in [-0.3, -0.25) is 4.68 Å². The minimum atomic E-state index is -0.593. The SMILES string of the molecule is Cc1c(Cl)c(F)nn1C(C)(C)C. The molecule has 1 aromatic rings. The molecule has 0 aliphatic carbocycles. The molecule has 0 radical (unpaired) electrons. The van der Waals surface area contributed by atoms with E-state index in [1.54, 1.807) is 11.6 Å². The first-order valence-electron chi connectivity index (χ1n) is 3.75. The molecule has 0 amide bonds. The van der Waals surface area contributed by atoms with Crippen LogP contribution >= 0.6 is 11.6 Å². The van der Waals surface area contributed by atoms with Gasteiger partial charge in [0.15, 0.2) is 0 Å². The third kappa shape index (κ3) is 1.46. The molecule has 0 aromatic carbocycles. The summed E-state index contributed by atoms with van der Waals surface area (Å²) in [4.78, 5) is 0. The molecule has 12 heavy (non-hydrogen) atoms. The standard InChI is InChI=1S/C8H12ClFN2/c1-5-6(9)7(10)11-12(5)8(2,3)4/h1-4H3. The summed E-state index contributed by atoms with van der Waals surface area (Å²) in [6.07, 6.45) is 0. The van der Waals surface area contributed by atoms with Crippen molar-refractivity contribution < 1.29 is 4.39 Å². The molecule has 0 unspecified atom stereocenters. The lowest BCUT2D eigenvalue weighted by molar-refractivity contribution is 0.335. The Kier molecular flexibility index (Phi) is 2.17. The van der Waals surface area contributed by atoms with Crippen LogP contribution in [0.25, 0.3) is 0 Å². The van der Waals surface area contributed by atoms with Crippen molar-refractivity contribution in [1.82, 2.24) is 9.78 Å². The Labute approximate surface area is 76.3 Å². The zero-order valence-corrected chi connectivity index (χ0v) is 8.41. The van der Waals surface area contributed by atoms with E-state index in [4.69, 9.17) is 11.6 Å². The van der Waals surface area contributed by atoms with Gasteiger partial charge in [0.05, 0.1) is 11.2 Å². The molecule has 1 heterocycles. The minimum absolute atomic E-state index is 0.116. The number of rotatable bonds is 0. The maximum atomic E-state index is 12.9. The van der Waals surface area contributed by atoms with Crippen LogP contribution in [0.5, 0.6) is 0 Å². The molecule has 0 aliphatic heterocycles. The smallest absolute Gasteiger partial charge is 0.251 e. The van der Waals surface area contributed by atoms with Gasteiger partial charge in [0.25, 0.3) is 5.95 Å². The van der Waals surface area contributed by atoms with Gasteiger partial charge in [-0.15, -0.1) is 5.10 Å². The lowest BCUT2D eigenvalue weighted by Crippen LogP contribution is -2.24. The van der Waals surface area contributed by atoms with Crippen LogP contribution in [0.2, 0.25) is 5.02 Å². The maximum Gasteiger partial charge on any atom is 0.251 e. The summed E-state index contributed by atoms with van der Waals surface area (Å²) in [6, 6.07) is 0. The summed E-state index contributed by atoms with van der Waals surface area (Å²) >= 11 is 5.65. The minimum Gasteiger partial charge on any atom is -0.260 e. The Bertz CT molecular complexity index is 299. The van der Waals surface area contributed by atoms with Gasteiger partial charge in [-0.2, -0.15) is 4.39 Å². The quantitative estimate of drug-likeness (QED) is 0.615. The van der Waals surface area contributed by atoms with E-state index in [1.165, 1.54) is 0 Å². The van der Waals surface area contributed by atoms with E-state index in [9.17, 15) is 4.39 Å². The normalized spacial score (nSPS) is 12.2. The first-order valence-corrected chi connectivity index (χ1v) is 4.13. The van der Waals surface area contributed by atoms with Gasteiger partial charge in [0.2, 0.25) is 0 Å². The molecule has 0 saturated heterocycles. The van der Waals surface area contributed by atoms with Gasteiger partial charge in [0, 0.05) is 0 Å². The van der Waals surface area contributed by atoms with Crippen molar-refractivity contribution >= 4 is 11.6 Å². The zero-order valence-electron chi connectivity index (χ0n) is 7.65. The summed E-state index contributed by atoms with van der Waals surface area (Å²) in [6.45, 7) is 7.60. The van der Waals surface area contributed by atoms with Gasteiger partial charge in [-0.1, -0.05) is 11.6 Å². The first-order chi connectivity index (χ1) is 5.34. The molecule has 2 nitrogen and oxygen atoms in total. The van der Waals surface area contributed by atoms with Crippen LogP contribution in [0.3, 0.4) is 0 Å². The number of nitrogens with zero attached hydrogens (tertiary/aromatic N) is 2. The highest BCUT2D eigenvalue weighted by molar-refractivity contribution is 6.31. The molecular weight excluding hydrogens is 179 g/mol. The Balaban J connectivity index is 3.28. The average molecular weight is 191 g/mol. The summed E-state index contributed by atoms with van der Waals surface area (Å²) in [5.41, 5.74) is 0.444. The second-order valence-corrected chi connectivity index (χ2v) is 4.15. The Hall–Kier alpha value is -0.570. The van der Waals surface area contributed by atoms with E-state index >= 15 is 0 Å². The summed E-state index contributed by atoms with van der Waals surface area (Å²) < 4.78 is 14.5. The van der Waals surface area contributed by atoms with Gasteiger partial charge in [0.1, 0.15) is 5.02 Å². The molecular formula is C8H12ClFN2. The summed E-state index contributed by atoms with van der Waals surface area (Å²) in [7, 11) is 0. The van der Waals surface area contributed by atoms with Crippen molar-refractivity contribution in [1.29, 1.82) is 0 Å². The number of aromatic nitrogens is 2. The van der Waals surface area contributed by atoms with Crippen LogP contribution in [0, 0.1) is 12.9 Å². The predicted octanol–water partition coefficient (Wildman–Crippen LogP) is 2.74. The molecule has 1 aromatic heterocycles. The molecule has 0 bridgehead atoms. The molecule has 0 atom stereocenters. The third-order valence-corrected chi connectivity index (χ3v) is 2.07. The number of halogens is 2. The highest BCUT2D eigenvalue weighted by Gasteiger charge is 2.21. The van der Waals surface area contributed by atoms with E-state index < -0.39 is 5.95 Å². The topological polar surface area (TPSA) is 17.8 Å². The number of hydrogen-bond acceptors (Lipinski definition) is 1. The Morgan fingerprint density at radius 3 is 2.08 bits per heavy atom. The molecule has 4 heteroatoms. The molecule has 1 rings (SSSR count). The van der Waals surface area contributed by atoms with Crippen molar-refractivity contribution in [3.05, 3.63) is 16.7 Å². The van der Waals surface area contributed by atoms with Crippen LogP contribution in [0.4, 0.5) is 4.39 Å². The fourth-order valence-corrected chi connectivity index (χ4v) is 1.22. The second kappa shape index (κ2) is 2.73. The molecule has 0 N–H and O–H groups in total. The van der Waals surface area contributed by atoms with Gasteiger partial charge < -0.3 is 0 Å². The molecule has 0 spiro atoms. The van der Waals surface area contributed by atoms with Gasteiger partial charge >= 0.3 is 0 Å². The average Bonchev–Trinajstić information content (AvgIpc) is 2.15. The molecule has 68 valence electrons. The fraction of sp³-hybridized carbons (Fsp3) is 0.625. The summed E-state index contributed by atoms with van der Waals surface area (Å²) in [5.74, 6) is -0.593. The lowest BCUT2D eigenvalue weighted by atomic mass is 10.1. The van der Waals surface area contributed by atoms with Crippen molar-refractivity contribution in [3.8, 4) is 0 Å². The van der Waals surface area contributed by atoms with Gasteiger partial charge in [-0.05, 0) is 27.7 Å². The van der Waals surface area contributed by atoms with E-state index in [2.05, 4.69) is 5.10 Å². The maximum absolute atomic E-state index is 12.9. The monoisotopic (exact) mass is 190 g/mol. The highest BCUT2D eigenvalue weighted by Crippen LogP contribution is 2.23. The van der Waals surface area contributed by atoms with Crippen molar-refractivity contribution in [3.63, 3.8) is 0 Å². The largest absolute Gasteiger partial charge is 0.260 e. The van der Waals surface area contributed by atoms with E-state index in [0.29, 0.717) is 5.69 Å². The van der Waals surface area contributed by atoms with Gasteiger partial charge in [-0.25, -0.2) is 0 Å². The Morgan fingerprint density at radius 2 is 1.92 bits per heavy atom. The number of hydrogen-bond donors (Lipinski definition) is 0. The van der Waals surface area contributed by atoms with Crippen molar-refractivity contribution in [2.45, 2.75) is 33.2 Å². The first kappa shape index (κ1) is 9.52. The van der Waals surface area contributed by atoms with Crippen LogP contribution in [0.15, 0.2) is 0 Å². The predicted molar refractivity (Wildman–Crippen MR) is 46.9 cm³/mol. The molecule has 0 aliphatic rings. The van der Waals surface area contributed by atoms with Crippen LogP contribution in [0.1, 0.15) is 26.5 Å². The third-order valence-electron chi connectivity index (χ3n) is 1.64. The van der Waals surface area contributed by atoms with Crippen molar-refractivity contribution in [2.24, 2.45) is 0 Å². The fourth-order valence-electron chi connectivity index (χ4n) is 1.10. The van der Waals surface area contributed by atoms with E-state index in [1.807, 2.05) is 20.8 Å². The summed E-state index contributed by atoms with van der Waals surface area (Å²) in [5, 5.41) is 3.81. The van der Waals surface area contributed by atoms with Crippen LogP contribution in [-0.4, -0.2) is 9.78 Å². The van der Waals surface area contributed by atoms with E-state index in [0.717, 1.165) is 0 Å². The zero-order chi connectivity index (χ0) is 9.52. The van der Waals surface area contributed by atoms with Crippen molar-refractivity contribution in [2.75, 3.05) is 0 Å². The second-order valence-electron chi connectivity index (χ2n) is 3.77. The molecule has 0 fully saturated rings. The highest BCUT2D eigenvalue weighted by atomic mass is 35.5. The Morgan fingerprint density at radius 1 is 1.42 bits per heavy atom. The van der Waals surface area contributed by atoms with E-state index in [-0.39, 0.29) is 10.6 Å². The lowest BCUT2D eigenvalue weighted by Gasteiger charge is -2.20.